The lowest BCUT2D eigenvalue weighted by Gasteiger charge is -2.16. The number of thioether (sulfide) groups is 1. The summed E-state index contributed by atoms with van der Waals surface area (Å²) in [4.78, 5) is 30.6. The van der Waals surface area contributed by atoms with E-state index in [1.165, 1.54) is 28.6 Å². The monoisotopic (exact) mass is 353 g/mol. The molecule has 1 N–H and O–H groups in total. The average Bonchev–Trinajstić information content (AvgIpc) is 2.62. The molecule has 118 valence electrons. The largest absolute Gasteiger partial charge is 0.332 e. The number of hydrogen-bond donors (Lipinski definition) is 1. The highest BCUT2D eigenvalue weighted by atomic mass is 32.2. The van der Waals surface area contributed by atoms with E-state index in [4.69, 9.17) is 0 Å². The Morgan fingerprint density at radius 3 is 2.96 bits per heavy atom. The van der Waals surface area contributed by atoms with Crippen LogP contribution in [0, 0.1) is 0 Å². The molecule has 5 nitrogen and oxygen atoms in total. The van der Waals surface area contributed by atoms with Crippen molar-refractivity contribution in [2.24, 2.45) is 0 Å². The van der Waals surface area contributed by atoms with E-state index in [-0.39, 0.29) is 10.7 Å². The van der Waals surface area contributed by atoms with Gasteiger partial charge >= 0.3 is 0 Å². The van der Waals surface area contributed by atoms with Gasteiger partial charge in [-0.1, -0.05) is 18.2 Å². The van der Waals surface area contributed by atoms with Gasteiger partial charge in [0.15, 0.2) is 5.65 Å². The molecule has 0 bridgehead atoms. The molecular weight excluding hydrogens is 342 g/mol. The minimum absolute atomic E-state index is 0.0959. The van der Waals surface area contributed by atoms with Crippen LogP contribution < -0.4 is 10.3 Å². The van der Waals surface area contributed by atoms with Crippen molar-refractivity contribution >= 4 is 40.0 Å². The third-order valence-electron chi connectivity index (χ3n) is 3.55. The SMILES string of the molecule is O=C(Sc1cccn2c(=O)ccnc12)C1=CNSc2ccccc21. The van der Waals surface area contributed by atoms with Crippen molar-refractivity contribution in [3.63, 3.8) is 0 Å². The number of nitrogens with one attached hydrogen (secondary N) is 1. The van der Waals surface area contributed by atoms with Crippen LogP contribution in [-0.4, -0.2) is 14.5 Å². The minimum atomic E-state index is -0.171. The molecule has 4 rings (SSSR count). The first-order valence-corrected chi connectivity index (χ1v) is 8.78. The lowest BCUT2D eigenvalue weighted by atomic mass is 10.1. The van der Waals surface area contributed by atoms with Crippen LogP contribution in [0.2, 0.25) is 0 Å². The number of pyridine rings is 1. The van der Waals surface area contributed by atoms with Crippen molar-refractivity contribution in [1.82, 2.24) is 14.1 Å². The van der Waals surface area contributed by atoms with Crippen LogP contribution in [0.1, 0.15) is 5.56 Å². The van der Waals surface area contributed by atoms with Gasteiger partial charge in [-0.25, -0.2) is 4.98 Å². The summed E-state index contributed by atoms with van der Waals surface area (Å²) in [5, 5.41) is -0.0959. The maximum absolute atomic E-state index is 12.8. The normalized spacial score (nSPS) is 13.1. The zero-order valence-corrected chi connectivity index (χ0v) is 13.9. The van der Waals surface area contributed by atoms with Gasteiger partial charge in [-0.15, -0.1) is 0 Å². The van der Waals surface area contributed by atoms with Gasteiger partial charge < -0.3 is 4.72 Å². The van der Waals surface area contributed by atoms with E-state index in [0.29, 0.717) is 16.1 Å². The molecule has 0 atom stereocenters. The summed E-state index contributed by atoms with van der Waals surface area (Å²) in [6.45, 7) is 0. The van der Waals surface area contributed by atoms with E-state index in [0.717, 1.165) is 22.2 Å². The number of carbonyl (C=O) groups excluding carboxylic acids is 1. The van der Waals surface area contributed by atoms with E-state index >= 15 is 0 Å². The first-order chi connectivity index (χ1) is 11.7. The van der Waals surface area contributed by atoms with Gasteiger partial charge in [-0.3, -0.25) is 14.0 Å². The Kier molecular flexibility index (Phi) is 3.87. The Labute approximate surface area is 145 Å². The van der Waals surface area contributed by atoms with Gasteiger partial charge in [0.1, 0.15) is 0 Å². The van der Waals surface area contributed by atoms with Crippen molar-refractivity contribution < 1.29 is 4.79 Å². The fraction of sp³-hybridized carbons (Fsp3) is 0. The first-order valence-electron chi connectivity index (χ1n) is 7.14. The van der Waals surface area contributed by atoms with Crippen LogP contribution in [0.25, 0.3) is 11.2 Å². The van der Waals surface area contributed by atoms with Gasteiger partial charge in [0.25, 0.3) is 5.56 Å². The number of fused-ring (bicyclic) bond motifs is 2. The van der Waals surface area contributed by atoms with Gasteiger partial charge in [-0.05, 0) is 41.9 Å². The Bertz CT molecular complexity index is 1040. The third kappa shape index (κ3) is 2.61. The molecule has 0 aliphatic carbocycles. The van der Waals surface area contributed by atoms with Crippen LogP contribution in [0.15, 0.2) is 75.6 Å². The van der Waals surface area contributed by atoms with Crippen LogP contribution in [0.3, 0.4) is 0 Å². The van der Waals surface area contributed by atoms with Crippen molar-refractivity contribution in [1.29, 1.82) is 0 Å². The maximum Gasteiger partial charge on any atom is 0.257 e. The van der Waals surface area contributed by atoms with Crippen LogP contribution >= 0.6 is 23.7 Å². The predicted molar refractivity (Wildman–Crippen MR) is 95.7 cm³/mol. The molecule has 0 amide bonds. The van der Waals surface area contributed by atoms with Gasteiger partial charge in [0.2, 0.25) is 5.12 Å². The molecule has 24 heavy (non-hydrogen) atoms. The van der Waals surface area contributed by atoms with Crippen molar-refractivity contribution in [2.75, 3.05) is 0 Å². The second-order valence-corrected chi connectivity index (χ2v) is 6.91. The van der Waals surface area contributed by atoms with E-state index in [1.807, 2.05) is 24.3 Å². The van der Waals surface area contributed by atoms with E-state index < -0.39 is 0 Å². The third-order valence-corrected chi connectivity index (χ3v) is 5.31. The molecule has 0 saturated heterocycles. The lowest BCUT2D eigenvalue weighted by molar-refractivity contribution is -0.106. The average molecular weight is 353 g/mol. The smallest absolute Gasteiger partial charge is 0.257 e. The van der Waals surface area contributed by atoms with Crippen LogP contribution in [0.4, 0.5) is 0 Å². The van der Waals surface area contributed by atoms with E-state index in [2.05, 4.69) is 9.71 Å². The zero-order chi connectivity index (χ0) is 16.5. The van der Waals surface area contributed by atoms with E-state index in [1.54, 1.807) is 24.5 Å². The first kappa shape index (κ1) is 15.0. The quantitative estimate of drug-likeness (QED) is 0.564. The number of carbonyl (C=O) groups is 1. The second-order valence-electron chi connectivity index (χ2n) is 5.01. The highest BCUT2D eigenvalue weighted by molar-refractivity contribution is 8.15. The molecule has 3 heterocycles. The second kappa shape index (κ2) is 6.18. The van der Waals surface area contributed by atoms with E-state index in [9.17, 15) is 9.59 Å². The van der Waals surface area contributed by atoms with Crippen LogP contribution in [0.5, 0.6) is 0 Å². The predicted octanol–water partition coefficient (Wildman–Crippen LogP) is 2.96. The van der Waals surface area contributed by atoms with Crippen molar-refractivity contribution in [3.05, 3.63) is 77.0 Å². The Morgan fingerprint density at radius 2 is 2.04 bits per heavy atom. The summed E-state index contributed by atoms with van der Waals surface area (Å²) in [7, 11) is 0. The van der Waals surface area contributed by atoms with Gasteiger partial charge in [0, 0.05) is 35.1 Å². The zero-order valence-electron chi connectivity index (χ0n) is 12.3. The number of hydrogen-bond acceptors (Lipinski definition) is 6. The standard InChI is InChI=1S/C17H11N3O2S2/c21-15-7-8-18-16-14(6-3-9-20(15)16)23-17(22)12-10-19-24-13-5-2-1-4-11(12)13/h1-10,19H. The fourth-order valence-corrected chi connectivity index (χ4v) is 4.05. The summed E-state index contributed by atoms with van der Waals surface area (Å²) < 4.78 is 4.49. The van der Waals surface area contributed by atoms with Gasteiger partial charge in [-0.2, -0.15) is 0 Å². The molecular formula is C17H11N3O2S2. The topological polar surface area (TPSA) is 63.5 Å². The summed E-state index contributed by atoms with van der Waals surface area (Å²) in [6, 6.07) is 12.7. The summed E-state index contributed by atoms with van der Waals surface area (Å²) in [6.07, 6.45) is 4.82. The Balaban J connectivity index is 1.72. The van der Waals surface area contributed by atoms with Gasteiger partial charge in [0.05, 0.1) is 10.5 Å². The highest BCUT2D eigenvalue weighted by Gasteiger charge is 2.21. The van der Waals surface area contributed by atoms with Crippen molar-refractivity contribution in [2.45, 2.75) is 9.79 Å². The number of aromatic nitrogens is 2. The summed E-state index contributed by atoms with van der Waals surface area (Å²) in [5.74, 6) is 0. The molecule has 1 aromatic carbocycles. The number of nitrogens with zero attached hydrogens (tertiary/aromatic N) is 2. The molecule has 0 saturated carbocycles. The minimum Gasteiger partial charge on any atom is -0.332 e. The summed E-state index contributed by atoms with van der Waals surface area (Å²) in [5.41, 5.74) is 1.82. The molecule has 0 spiro atoms. The highest BCUT2D eigenvalue weighted by Crippen LogP contribution is 2.35. The molecule has 0 fully saturated rings. The molecule has 1 aliphatic heterocycles. The number of benzene rings is 1. The number of rotatable bonds is 2. The fourth-order valence-electron chi connectivity index (χ4n) is 2.45. The maximum atomic E-state index is 12.8. The molecule has 3 aromatic rings. The molecule has 1 aliphatic rings. The molecule has 2 aromatic heterocycles. The van der Waals surface area contributed by atoms with Crippen molar-refractivity contribution in [3.8, 4) is 0 Å². The molecule has 0 unspecified atom stereocenters. The molecule has 7 heteroatoms. The lowest BCUT2D eigenvalue weighted by Crippen LogP contribution is -2.13. The molecule has 0 radical (unpaired) electrons. The van der Waals surface area contributed by atoms with Crippen LogP contribution in [-0.2, 0) is 4.79 Å². The Morgan fingerprint density at radius 1 is 1.17 bits per heavy atom. The summed E-state index contributed by atoms with van der Waals surface area (Å²) >= 11 is 2.55. The Hall–Kier alpha value is -2.51.